The Hall–Kier alpha value is -0.770. The Morgan fingerprint density at radius 3 is 1.71 bits per heavy atom. The lowest BCUT2D eigenvalue weighted by molar-refractivity contribution is -0.113. The highest BCUT2D eigenvalue weighted by molar-refractivity contribution is 5.95. The average molecular weight is 234 g/mol. The Labute approximate surface area is 106 Å². The highest BCUT2D eigenvalue weighted by Gasteiger charge is 1.98. The summed E-state index contributed by atoms with van der Waals surface area (Å²) < 4.78 is 0. The Morgan fingerprint density at radius 1 is 0.647 bits per heavy atom. The number of hydrogen-bond acceptors (Lipinski definition) is 1. The molecule has 0 saturated carbocycles. The van der Waals surface area contributed by atoms with E-state index in [-0.39, 0.29) is 5.78 Å². The van der Waals surface area contributed by atoms with Crippen molar-refractivity contribution in [3.63, 3.8) is 0 Å². The zero-order valence-corrected chi connectivity index (χ0v) is 11.1. The maximum atomic E-state index is 11.4. The van der Waals surface area contributed by atoms with Gasteiger partial charge in [-0.05, 0) is 18.8 Å². The summed E-state index contributed by atoms with van der Waals surface area (Å²) in [4.78, 5) is 11.4. The van der Waals surface area contributed by atoms with Gasteiger partial charge in [0.05, 0.1) is 0 Å². The first-order chi connectivity index (χ1) is 8.39. The first kappa shape index (κ1) is 14.3. The van der Waals surface area contributed by atoms with Gasteiger partial charge >= 0.3 is 0 Å². The molecule has 0 fully saturated rings. The lowest BCUT2D eigenvalue weighted by Crippen LogP contribution is -1.93. The second-order valence-electron chi connectivity index (χ2n) is 5.11. The zero-order valence-electron chi connectivity index (χ0n) is 11.1. The van der Waals surface area contributed by atoms with Gasteiger partial charge in [-0.1, -0.05) is 63.7 Å². The van der Waals surface area contributed by atoms with Crippen molar-refractivity contribution in [2.45, 2.75) is 83.5 Å². The third kappa shape index (κ3) is 8.98. The van der Waals surface area contributed by atoms with E-state index in [1.807, 2.05) is 0 Å². The van der Waals surface area contributed by atoms with E-state index in [1.54, 1.807) is 0 Å². The maximum Gasteiger partial charge on any atom is 0.205 e. The summed E-state index contributed by atoms with van der Waals surface area (Å²) in [6.07, 6.45) is 15.8. The van der Waals surface area contributed by atoms with Crippen molar-refractivity contribution in [1.29, 1.82) is 0 Å². The quantitative estimate of drug-likeness (QED) is 0.440. The molecule has 0 aromatic rings. The molecule has 0 unspecified atom stereocenters. The summed E-state index contributed by atoms with van der Waals surface area (Å²) in [7, 11) is 0. The van der Waals surface area contributed by atoms with Crippen LogP contribution in [0.5, 0.6) is 0 Å². The normalized spacial score (nSPS) is 21.5. The minimum absolute atomic E-state index is 0.150. The zero-order chi connectivity index (χ0) is 12.2. The van der Waals surface area contributed by atoms with Crippen LogP contribution in [0.25, 0.3) is 0 Å². The minimum Gasteiger partial charge on any atom is -0.285 e. The maximum absolute atomic E-state index is 11.4. The molecular formula is C16H26O. The lowest BCUT2D eigenvalue weighted by atomic mass is 10.0. The van der Waals surface area contributed by atoms with Crippen molar-refractivity contribution in [3.05, 3.63) is 0 Å². The number of ketones is 1. The van der Waals surface area contributed by atoms with Crippen molar-refractivity contribution < 1.29 is 4.79 Å². The van der Waals surface area contributed by atoms with Gasteiger partial charge in [-0.2, -0.15) is 0 Å². The van der Waals surface area contributed by atoms with Crippen LogP contribution < -0.4 is 0 Å². The van der Waals surface area contributed by atoms with Gasteiger partial charge in [0.1, 0.15) is 0 Å². The summed E-state index contributed by atoms with van der Waals surface area (Å²) >= 11 is 0. The molecule has 0 radical (unpaired) electrons. The summed E-state index contributed by atoms with van der Waals surface area (Å²) in [5.74, 6) is 5.94. The fraction of sp³-hybridized carbons (Fsp3) is 0.812. The van der Waals surface area contributed by atoms with Crippen LogP contribution in [0.3, 0.4) is 0 Å². The molecule has 1 aliphatic rings. The Balaban J connectivity index is 2.23. The number of hydrogen-bond donors (Lipinski definition) is 0. The van der Waals surface area contributed by atoms with Crippen LogP contribution in [-0.4, -0.2) is 5.78 Å². The molecule has 0 atom stereocenters. The van der Waals surface area contributed by atoms with Gasteiger partial charge in [-0.25, -0.2) is 0 Å². The molecule has 0 N–H and O–H groups in total. The molecule has 1 rings (SSSR count). The van der Waals surface area contributed by atoms with E-state index in [2.05, 4.69) is 11.8 Å². The van der Waals surface area contributed by atoms with Crippen LogP contribution >= 0.6 is 0 Å². The largest absolute Gasteiger partial charge is 0.285 e. The first-order valence-electron chi connectivity index (χ1n) is 7.41. The van der Waals surface area contributed by atoms with E-state index in [4.69, 9.17) is 0 Å². The summed E-state index contributed by atoms with van der Waals surface area (Å²) in [5, 5.41) is 0. The average Bonchev–Trinajstić information content (AvgIpc) is 2.32. The van der Waals surface area contributed by atoms with E-state index in [9.17, 15) is 4.79 Å². The van der Waals surface area contributed by atoms with E-state index in [0.717, 1.165) is 12.8 Å². The summed E-state index contributed by atoms with van der Waals surface area (Å²) in [6.45, 7) is 0. The molecular weight excluding hydrogens is 208 g/mol. The van der Waals surface area contributed by atoms with Crippen molar-refractivity contribution in [2.75, 3.05) is 0 Å². The number of carbonyl (C=O) groups excluding carboxylic acids is 1. The number of Topliss-reactive ketones (excluding diaryl/α,β-unsaturated/α-hetero) is 1. The second-order valence-corrected chi connectivity index (χ2v) is 5.11. The molecule has 1 nitrogen and oxygen atoms in total. The molecule has 96 valence electrons. The highest BCUT2D eigenvalue weighted by atomic mass is 16.1. The van der Waals surface area contributed by atoms with Gasteiger partial charge in [-0.15, -0.1) is 0 Å². The number of carbonyl (C=O) groups is 1. The van der Waals surface area contributed by atoms with E-state index in [0.29, 0.717) is 6.42 Å². The van der Waals surface area contributed by atoms with Crippen LogP contribution in [-0.2, 0) is 4.79 Å². The van der Waals surface area contributed by atoms with Crippen LogP contribution in [0.1, 0.15) is 83.5 Å². The third-order valence-corrected chi connectivity index (χ3v) is 3.43. The van der Waals surface area contributed by atoms with Gasteiger partial charge in [-0.3, -0.25) is 4.79 Å². The Morgan fingerprint density at radius 2 is 1.12 bits per heavy atom. The van der Waals surface area contributed by atoms with Crippen LogP contribution in [0.4, 0.5) is 0 Å². The third-order valence-electron chi connectivity index (χ3n) is 3.43. The van der Waals surface area contributed by atoms with Gasteiger partial charge in [0.15, 0.2) is 0 Å². The van der Waals surface area contributed by atoms with Gasteiger partial charge in [0, 0.05) is 12.8 Å². The topological polar surface area (TPSA) is 17.1 Å². The minimum atomic E-state index is 0.150. The molecule has 0 aliphatic heterocycles. The Bertz CT molecular complexity index is 256. The fourth-order valence-electron chi connectivity index (χ4n) is 2.31. The molecule has 17 heavy (non-hydrogen) atoms. The molecule has 1 heteroatoms. The van der Waals surface area contributed by atoms with Gasteiger partial charge < -0.3 is 0 Å². The van der Waals surface area contributed by atoms with Gasteiger partial charge in [0.25, 0.3) is 0 Å². The SMILES string of the molecule is O=C1C#CCCCCCCCCCCCCC1. The van der Waals surface area contributed by atoms with E-state index >= 15 is 0 Å². The fourth-order valence-corrected chi connectivity index (χ4v) is 2.31. The summed E-state index contributed by atoms with van der Waals surface area (Å²) in [6, 6.07) is 0. The van der Waals surface area contributed by atoms with Gasteiger partial charge in [0.2, 0.25) is 5.78 Å². The van der Waals surface area contributed by atoms with Crippen molar-refractivity contribution >= 4 is 5.78 Å². The van der Waals surface area contributed by atoms with Crippen molar-refractivity contribution in [3.8, 4) is 11.8 Å². The monoisotopic (exact) mass is 234 g/mol. The van der Waals surface area contributed by atoms with Crippen LogP contribution in [0, 0.1) is 11.8 Å². The molecule has 1 aliphatic carbocycles. The first-order valence-corrected chi connectivity index (χ1v) is 7.41. The molecule has 0 saturated heterocycles. The second kappa shape index (κ2) is 10.4. The lowest BCUT2D eigenvalue weighted by Gasteiger charge is -2.02. The highest BCUT2D eigenvalue weighted by Crippen LogP contribution is 2.12. The Kier molecular flexibility index (Phi) is 8.73. The smallest absolute Gasteiger partial charge is 0.205 e. The molecule has 0 spiro atoms. The van der Waals surface area contributed by atoms with E-state index in [1.165, 1.54) is 64.2 Å². The molecule has 0 aromatic carbocycles. The van der Waals surface area contributed by atoms with Crippen molar-refractivity contribution in [2.24, 2.45) is 0 Å². The standard InChI is InChI=1S/C16H26O/c17-16-14-12-10-8-6-4-2-1-3-5-7-9-11-13-15-16/h1-12,14H2. The summed E-state index contributed by atoms with van der Waals surface area (Å²) in [5.41, 5.74) is 0. The predicted octanol–water partition coefficient (Wildman–Crippen LogP) is 4.64. The molecule has 0 heterocycles. The molecule has 0 aromatic heterocycles. The van der Waals surface area contributed by atoms with Crippen LogP contribution in [0.15, 0.2) is 0 Å². The molecule has 0 amide bonds. The molecule has 0 bridgehead atoms. The van der Waals surface area contributed by atoms with Crippen molar-refractivity contribution in [1.82, 2.24) is 0 Å². The van der Waals surface area contributed by atoms with E-state index < -0.39 is 0 Å². The number of rotatable bonds is 0. The van der Waals surface area contributed by atoms with Crippen LogP contribution in [0.2, 0.25) is 0 Å². The predicted molar refractivity (Wildman–Crippen MR) is 72.8 cm³/mol.